The molecule has 0 saturated carbocycles. The monoisotopic (exact) mass is 801 g/mol. The van der Waals surface area contributed by atoms with Crippen LogP contribution >= 0.6 is 0 Å². The Balaban J connectivity index is 1.16. The molecular weight excluding hydrogens is 759 g/mol. The van der Waals surface area contributed by atoms with Gasteiger partial charge in [-0.05, 0) is 108 Å². The van der Waals surface area contributed by atoms with Crippen molar-refractivity contribution >= 4 is 38.6 Å². The molecule has 0 aliphatic carbocycles. The molecule has 0 heterocycles. The van der Waals surface area contributed by atoms with Crippen LogP contribution in [0.2, 0.25) is 0 Å². The van der Waals surface area contributed by atoms with E-state index in [1.807, 2.05) is 0 Å². The lowest BCUT2D eigenvalue weighted by atomic mass is 9.84. The van der Waals surface area contributed by atoms with Crippen LogP contribution in [0, 0.1) is 0 Å². The smallest absolute Gasteiger partial charge is 0.0546 e. The summed E-state index contributed by atoms with van der Waals surface area (Å²) in [6, 6.07) is 94.6. The Labute approximate surface area is 369 Å². The minimum absolute atomic E-state index is 1.08. The molecule has 0 aliphatic rings. The summed E-state index contributed by atoms with van der Waals surface area (Å²) in [4.78, 5) is 2.45. The number of fused-ring (bicyclic) bond motifs is 3. The van der Waals surface area contributed by atoms with E-state index in [1.165, 1.54) is 82.7 Å². The lowest BCUT2D eigenvalue weighted by Crippen LogP contribution is -2.11. The SMILES string of the molecule is c1ccc(-c2ccc(N(c3ccc(-c4cccc(-c5ccccc5)c4-c4ccccc4)cc3)c3cccc4c3c(-c3ccccc3)c(-c3ccccc3)c3ccccc34)cc2)cc1. The van der Waals surface area contributed by atoms with Crippen LogP contribution in [0.1, 0.15) is 0 Å². The van der Waals surface area contributed by atoms with E-state index in [1.54, 1.807) is 0 Å². The second-order valence-corrected chi connectivity index (χ2v) is 16.0. The van der Waals surface area contributed by atoms with E-state index in [2.05, 4.69) is 266 Å². The summed E-state index contributed by atoms with van der Waals surface area (Å²) in [6.07, 6.45) is 0. The minimum atomic E-state index is 1.08. The average molecular weight is 802 g/mol. The fraction of sp³-hybridized carbons (Fsp3) is 0. The van der Waals surface area contributed by atoms with Crippen molar-refractivity contribution in [1.29, 1.82) is 0 Å². The first-order chi connectivity index (χ1) is 31.3. The van der Waals surface area contributed by atoms with Gasteiger partial charge in [-0.25, -0.2) is 0 Å². The predicted octanol–water partition coefficient (Wildman–Crippen LogP) is 17.5. The molecule has 0 amide bonds. The van der Waals surface area contributed by atoms with E-state index in [-0.39, 0.29) is 0 Å². The highest BCUT2D eigenvalue weighted by Gasteiger charge is 2.24. The lowest BCUT2D eigenvalue weighted by molar-refractivity contribution is 1.30. The Hall–Kier alpha value is -8.26. The van der Waals surface area contributed by atoms with Crippen molar-refractivity contribution < 1.29 is 0 Å². The number of hydrogen-bond donors (Lipinski definition) is 0. The lowest BCUT2D eigenvalue weighted by Gasteiger charge is -2.29. The Bertz CT molecular complexity index is 3320. The first kappa shape index (κ1) is 37.7. The number of anilines is 3. The standard InChI is InChI=1S/C62H43N/c1-6-20-44(21-7-1)45-36-40-51(41-37-45)63(52-42-38-47(39-43-52)54-33-18-32-53(46-22-8-2-9-23-46)59(54)48-24-10-3-11-25-48)58-35-19-34-57-55-30-16-17-31-56(55)60(49-26-12-4-13-27-49)61(62(57)58)50-28-14-5-15-29-50/h1-43H. The molecule has 0 aliphatic heterocycles. The van der Waals surface area contributed by atoms with Gasteiger partial charge in [-0.1, -0.05) is 231 Å². The molecule has 0 radical (unpaired) electrons. The van der Waals surface area contributed by atoms with Gasteiger partial charge in [0.05, 0.1) is 5.69 Å². The molecule has 296 valence electrons. The summed E-state index contributed by atoms with van der Waals surface area (Å²) < 4.78 is 0. The highest BCUT2D eigenvalue weighted by Crippen LogP contribution is 2.50. The molecule has 0 N–H and O–H groups in total. The third kappa shape index (κ3) is 7.06. The maximum Gasteiger partial charge on any atom is 0.0546 e. The number of benzene rings is 11. The van der Waals surface area contributed by atoms with Gasteiger partial charge in [0.1, 0.15) is 0 Å². The average Bonchev–Trinajstić information content (AvgIpc) is 3.37. The molecule has 11 aromatic carbocycles. The van der Waals surface area contributed by atoms with Crippen molar-refractivity contribution in [2.75, 3.05) is 4.90 Å². The molecular formula is C62H43N. The largest absolute Gasteiger partial charge is 0.310 e. The zero-order chi connectivity index (χ0) is 42.0. The summed E-state index contributed by atoms with van der Waals surface area (Å²) in [7, 11) is 0. The predicted molar refractivity (Wildman–Crippen MR) is 269 cm³/mol. The normalized spacial score (nSPS) is 11.2. The minimum Gasteiger partial charge on any atom is -0.310 e. The fourth-order valence-corrected chi connectivity index (χ4v) is 9.43. The number of nitrogens with zero attached hydrogens (tertiary/aromatic N) is 1. The van der Waals surface area contributed by atoms with Crippen LogP contribution in [0.25, 0.3) is 88.3 Å². The van der Waals surface area contributed by atoms with E-state index < -0.39 is 0 Å². The van der Waals surface area contributed by atoms with Crippen LogP contribution in [0.3, 0.4) is 0 Å². The number of hydrogen-bond acceptors (Lipinski definition) is 1. The van der Waals surface area contributed by atoms with Crippen LogP contribution in [0.15, 0.2) is 261 Å². The van der Waals surface area contributed by atoms with Crippen molar-refractivity contribution in [2.45, 2.75) is 0 Å². The fourth-order valence-electron chi connectivity index (χ4n) is 9.43. The highest BCUT2D eigenvalue weighted by molar-refractivity contribution is 6.25. The molecule has 1 heteroatoms. The zero-order valence-electron chi connectivity index (χ0n) is 34.8. The Morgan fingerprint density at radius 1 is 0.206 bits per heavy atom. The van der Waals surface area contributed by atoms with Gasteiger partial charge in [0.25, 0.3) is 0 Å². The van der Waals surface area contributed by atoms with Crippen LogP contribution in [-0.4, -0.2) is 0 Å². The van der Waals surface area contributed by atoms with Crippen LogP contribution in [0.5, 0.6) is 0 Å². The molecule has 0 fully saturated rings. The highest BCUT2D eigenvalue weighted by atomic mass is 15.1. The van der Waals surface area contributed by atoms with Crippen LogP contribution in [-0.2, 0) is 0 Å². The first-order valence-electron chi connectivity index (χ1n) is 21.7. The molecule has 11 rings (SSSR count). The Kier molecular flexibility index (Phi) is 9.97. The third-order valence-electron chi connectivity index (χ3n) is 12.3. The van der Waals surface area contributed by atoms with Crippen molar-refractivity contribution in [1.82, 2.24) is 0 Å². The molecule has 1 nitrogen and oxygen atoms in total. The van der Waals surface area contributed by atoms with Gasteiger partial charge < -0.3 is 4.90 Å². The third-order valence-corrected chi connectivity index (χ3v) is 12.3. The summed E-state index contributed by atoms with van der Waals surface area (Å²) >= 11 is 0. The van der Waals surface area contributed by atoms with E-state index in [0.717, 1.165) is 22.6 Å². The van der Waals surface area contributed by atoms with Gasteiger partial charge >= 0.3 is 0 Å². The first-order valence-corrected chi connectivity index (χ1v) is 21.7. The maximum atomic E-state index is 2.45. The van der Waals surface area contributed by atoms with E-state index in [4.69, 9.17) is 0 Å². The molecule has 0 atom stereocenters. The molecule has 0 aromatic heterocycles. The molecule has 0 saturated heterocycles. The topological polar surface area (TPSA) is 3.24 Å². The second-order valence-electron chi connectivity index (χ2n) is 16.0. The van der Waals surface area contributed by atoms with Crippen molar-refractivity contribution in [3.63, 3.8) is 0 Å². The molecule has 63 heavy (non-hydrogen) atoms. The Morgan fingerprint density at radius 2 is 0.571 bits per heavy atom. The van der Waals surface area contributed by atoms with Gasteiger partial charge in [-0.15, -0.1) is 0 Å². The molecule has 0 bridgehead atoms. The van der Waals surface area contributed by atoms with Gasteiger partial charge in [0.15, 0.2) is 0 Å². The summed E-state index contributed by atoms with van der Waals surface area (Å²) in [5.41, 5.74) is 17.7. The molecule has 0 unspecified atom stereocenters. The summed E-state index contributed by atoms with van der Waals surface area (Å²) in [5, 5.41) is 4.89. The quantitative estimate of drug-likeness (QED) is 0.131. The summed E-state index contributed by atoms with van der Waals surface area (Å²) in [5.74, 6) is 0. The second kappa shape index (κ2) is 16.7. The molecule has 11 aromatic rings. The summed E-state index contributed by atoms with van der Waals surface area (Å²) in [6.45, 7) is 0. The van der Waals surface area contributed by atoms with Crippen LogP contribution < -0.4 is 4.90 Å². The van der Waals surface area contributed by atoms with E-state index in [0.29, 0.717) is 0 Å². The van der Waals surface area contributed by atoms with Gasteiger partial charge in [-0.3, -0.25) is 0 Å². The van der Waals surface area contributed by atoms with Crippen LogP contribution in [0.4, 0.5) is 17.1 Å². The van der Waals surface area contributed by atoms with E-state index in [9.17, 15) is 0 Å². The zero-order valence-corrected chi connectivity index (χ0v) is 34.8. The molecule has 0 spiro atoms. The maximum absolute atomic E-state index is 2.45. The van der Waals surface area contributed by atoms with E-state index >= 15 is 0 Å². The van der Waals surface area contributed by atoms with Crippen molar-refractivity contribution in [2.24, 2.45) is 0 Å². The van der Waals surface area contributed by atoms with Gasteiger partial charge in [-0.2, -0.15) is 0 Å². The number of rotatable bonds is 9. The van der Waals surface area contributed by atoms with Crippen molar-refractivity contribution in [3.05, 3.63) is 261 Å². The van der Waals surface area contributed by atoms with Gasteiger partial charge in [0, 0.05) is 22.3 Å². The van der Waals surface area contributed by atoms with Gasteiger partial charge in [0.2, 0.25) is 0 Å². The van der Waals surface area contributed by atoms with Crippen molar-refractivity contribution in [3.8, 4) is 66.8 Å². The Morgan fingerprint density at radius 3 is 1.11 bits per heavy atom.